The zero-order chi connectivity index (χ0) is 8.72. The summed E-state index contributed by atoms with van der Waals surface area (Å²) in [5.41, 5.74) is 5.25. The molecule has 0 aromatic carbocycles. The van der Waals surface area contributed by atoms with Gasteiger partial charge in [0.1, 0.15) is 12.2 Å². The largest absolute Gasteiger partial charge is 0.454 e. The first-order chi connectivity index (χ1) is 5.72. The smallest absolute Gasteiger partial charge is 0.285 e. The molecule has 12 heavy (non-hydrogen) atoms. The second kappa shape index (κ2) is 2.58. The Kier molecular flexibility index (Phi) is 1.67. The number of nitrogens with zero attached hydrogens (tertiary/aromatic N) is 1. The minimum absolute atomic E-state index is 0.0282. The van der Waals surface area contributed by atoms with Crippen molar-refractivity contribution in [2.24, 2.45) is 10.7 Å². The fourth-order valence-electron chi connectivity index (χ4n) is 1.40. The van der Waals surface area contributed by atoms with E-state index in [1.807, 2.05) is 0 Å². The average molecular weight is 174 g/mol. The highest BCUT2D eigenvalue weighted by Gasteiger charge is 2.48. The van der Waals surface area contributed by atoms with Gasteiger partial charge in [-0.1, -0.05) is 0 Å². The van der Waals surface area contributed by atoms with Crippen molar-refractivity contribution in [2.45, 2.75) is 24.5 Å². The lowest BCUT2D eigenvalue weighted by Gasteiger charge is -2.13. The maximum absolute atomic E-state index is 9.44. The van der Waals surface area contributed by atoms with Crippen molar-refractivity contribution in [3.05, 3.63) is 0 Å². The highest BCUT2D eigenvalue weighted by Crippen LogP contribution is 2.28. The van der Waals surface area contributed by atoms with E-state index in [0.717, 1.165) is 0 Å². The molecule has 4 atom stereocenters. The summed E-state index contributed by atoms with van der Waals surface area (Å²) < 4.78 is 10.1. The Balaban J connectivity index is 2.10. The number of aliphatic hydroxyl groups is 2. The molecule has 6 heteroatoms. The number of ether oxygens (including phenoxy) is 2. The van der Waals surface area contributed by atoms with Gasteiger partial charge in [0.25, 0.3) is 6.02 Å². The fourth-order valence-corrected chi connectivity index (χ4v) is 1.40. The molecular weight excluding hydrogens is 164 g/mol. The van der Waals surface area contributed by atoms with E-state index in [1.54, 1.807) is 0 Å². The predicted molar refractivity (Wildman–Crippen MR) is 38.2 cm³/mol. The lowest BCUT2D eigenvalue weighted by molar-refractivity contribution is -0.0206. The van der Waals surface area contributed by atoms with Crippen LogP contribution in [0, 0.1) is 0 Å². The molecule has 4 N–H and O–H groups in total. The van der Waals surface area contributed by atoms with E-state index in [9.17, 15) is 5.11 Å². The molecule has 2 aliphatic rings. The molecule has 6 nitrogen and oxygen atoms in total. The molecule has 2 rings (SSSR count). The van der Waals surface area contributed by atoms with E-state index in [2.05, 4.69) is 4.99 Å². The van der Waals surface area contributed by atoms with Gasteiger partial charge in [-0.15, -0.1) is 0 Å². The molecule has 68 valence electrons. The van der Waals surface area contributed by atoms with Crippen LogP contribution < -0.4 is 5.73 Å². The molecule has 0 saturated carbocycles. The number of nitrogens with two attached hydrogens (primary N) is 1. The van der Waals surface area contributed by atoms with Crippen LogP contribution in [0.25, 0.3) is 0 Å². The van der Waals surface area contributed by atoms with Gasteiger partial charge >= 0.3 is 0 Å². The summed E-state index contributed by atoms with van der Waals surface area (Å²) in [6.45, 7) is -0.243. The van der Waals surface area contributed by atoms with Crippen molar-refractivity contribution in [3.63, 3.8) is 0 Å². The van der Waals surface area contributed by atoms with Crippen molar-refractivity contribution < 1.29 is 19.7 Å². The van der Waals surface area contributed by atoms with Crippen LogP contribution in [0.4, 0.5) is 0 Å². The van der Waals surface area contributed by atoms with Crippen LogP contribution in [-0.4, -0.2) is 47.4 Å². The number of hydrogen-bond acceptors (Lipinski definition) is 6. The second-order valence-corrected chi connectivity index (χ2v) is 2.79. The Bertz CT molecular complexity index is 220. The van der Waals surface area contributed by atoms with Gasteiger partial charge in [-0.3, -0.25) is 0 Å². The van der Waals surface area contributed by atoms with Crippen LogP contribution in [0.3, 0.4) is 0 Å². The monoisotopic (exact) mass is 174 g/mol. The topological polar surface area (TPSA) is 97.3 Å². The average Bonchev–Trinajstić information content (AvgIpc) is 2.51. The molecule has 0 radical (unpaired) electrons. The molecule has 2 aliphatic heterocycles. The summed E-state index contributed by atoms with van der Waals surface area (Å²) in [5, 5.41) is 18.2. The number of fused-ring (bicyclic) bond motifs is 1. The van der Waals surface area contributed by atoms with Gasteiger partial charge < -0.3 is 25.4 Å². The molecule has 0 amide bonds. The number of hydrogen-bond donors (Lipinski definition) is 3. The van der Waals surface area contributed by atoms with Crippen molar-refractivity contribution in [1.29, 1.82) is 0 Å². The molecule has 0 aliphatic carbocycles. The third-order valence-corrected chi connectivity index (χ3v) is 2.00. The molecule has 2 heterocycles. The summed E-state index contributed by atoms with van der Waals surface area (Å²) in [4.78, 5) is 3.78. The molecule has 0 bridgehead atoms. The molecule has 1 unspecified atom stereocenters. The van der Waals surface area contributed by atoms with Crippen molar-refractivity contribution in [2.75, 3.05) is 6.61 Å². The highest BCUT2D eigenvalue weighted by molar-refractivity contribution is 5.73. The fraction of sp³-hybridized carbons (Fsp3) is 0.833. The Morgan fingerprint density at radius 2 is 2.33 bits per heavy atom. The van der Waals surface area contributed by atoms with Gasteiger partial charge in [0.2, 0.25) is 0 Å². The summed E-state index contributed by atoms with van der Waals surface area (Å²) >= 11 is 0. The molecule has 0 aromatic rings. The Morgan fingerprint density at radius 1 is 1.58 bits per heavy atom. The maximum atomic E-state index is 9.44. The summed E-state index contributed by atoms with van der Waals surface area (Å²) in [7, 11) is 0. The van der Waals surface area contributed by atoms with Gasteiger partial charge in [-0.05, 0) is 0 Å². The first-order valence-corrected chi connectivity index (χ1v) is 3.66. The van der Waals surface area contributed by atoms with Crippen LogP contribution in [0.2, 0.25) is 0 Å². The van der Waals surface area contributed by atoms with Crippen molar-refractivity contribution in [1.82, 2.24) is 0 Å². The summed E-state index contributed by atoms with van der Waals surface area (Å²) in [6.07, 6.45) is -2.58. The van der Waals surface area contributed by atoms with Crippen LogP contribution >= 0.6 is 0 Å². The standard InChI is InChI=1S/C6H10N2O4/c7-6-8-5-4(12-6)3(10)2(1-9)11-5/h2-5,9-10H,1H2,(H2,7,8)/t2-,3+,4-,5?/m1/s1. The van der Waals surface area contributed by atoms with Crippen LogP contribution in [-0.2, 0) is 9.47 Å². The normalized spacial score (nSPS) is 45.3. The maximum Gasteiger partial charge on any atom is 0.285 e. The minimum Gasteiger partial charge on any atom is -0.454 e. The van der Waals surface area contributed by atoms with Gasteiger partial charge in [0, 0.05) is 0 Å². The number of amidine groups is 1. The molecule has 0 aromatic heterocycles. The highest BCUT2D eigenvalue weighted by atomic mass is 16.6. The van der Waals surface area contributed by atoms with E-state index >= 15 is 0 Å². The molecular formula is C6H10N2O4. The van der Waals surface area contributed by atoms with E-state index in [4.69, 9.17) is 20.3 Å². The van der Waals surface area contributed by atoms with E-state index in [-0.39, 0.29) is 12.6 Å². The molecule has 0 spiro atoms. The first-order valence-electron chi connectivity index (χ1n) is 3.66. The minimum atomic E-state index is -0.857. The van der Waals surface area contributed by atoms with Gasteiger partial charge in [-0.25, -0.2) is 0 Å². The summed E-state index contributed by atoms with van der Waals surface area (Å²) in [6, 6.07) is 0.0282. The third kappa shape index (κ3) is 0.961. The Morgan fingerprint density at radius 3 is 2.92 bits per heavy atom. The zero-order valence-electron chi connectivity index (χ0n) is 6.25. The third-order valence-electron chi connectivity index (χ3n) is 2.00. The number of aliphatic hydroxyl groups excluding tert-OH is 2. The Labute approximate surface area is 68.6 Å². The van der Waals surface area contributed by atoms with Crippen LogP contribution in [0.15, 0.2) is 4.99 Å². The molecule has 1 saturated heterocycles. The second-order valence-electron chi connectivity index (χ2n) is 2.79. The van der Waals surface area contributed by atoms with Crippen LogP contribution in [0.1, 0.15) is 0 Å². The number of rotatable bonds is 1. The first kappa shape index (κ1) is 7.78. The SMILES string of the molecule is NC1=NC2O[C@H](CO)[C@H](O)[C@H]2O1. The molecule has 1 fully saturated rings. The van der Waals surface area contributed by atoms with Crippen LogP contribution in [0.5, 0.6) is 0 Å². The quantitative estimate of drug-likeness (QED) is 0.418. The van der Waals surface area contributed by atoms with Gasteiger partial charge in [0.05, 0.1) is 6.61 Å². The van der Waals surface area contributed by atoms with Crippen molar-refractivity contribution in [3.8, 4) is 0 Å². The van der Waals surface area contributed by atoms with Gasteiger partial charge in [0.15, 0.2) is 12.3 Å². The Hall–Kier alpha value is -0.850. The van der Waals surface area contributed by atoms with Gasteiger partial charge in [-0.2, -0.15) is 4.99 Å². The van der Waals surface area contributed by atoms with Crippen molar-refractivity contribution >= 4 is 6.02 Å². The van der Waals surface area contributed by atoms with E-state index < -0.39 is 24.5 Å². The number of aliphatic imine (C=N–C) groups is 1. The zero-order valence-corrected chi connectivity index (χ0v) is 6.25. The van der Waals surface area contributed by atoms with E-state index in [0.29, 0.717) is 0 Å². The summed E-state index contributed by atoms with van der Waals surface area (Å²) in [5.74, 6) is 0. The van der Waals surface area contributed by atoms with E-state index in [1.165, 1.54) is 0 Å². The predicted octanol–water partition coefficient (Wildman–Crippen LogP) is -2.22. The lowest BCUT2D eigenvalue weighted by atomic mass is 10.1. The lowest BCUT2D eigenvalue weighted by Crippen LogP contribution is -2.35.